The molecule has 2 aromatic carbocycles. The van der Waals surface area contributed by atoms with Crippen LogP contribution in [0.2, 0.25) is 0 Å². The molecule has 3 aromatic rings. The first-order chi connectivity index (χ1) is 14.7. The van der Waals surface area contributed by atoms with E-state index in [9.17, 15) is 9.59 Å². The zero-order valence-electron chi connectivity index (χ0n) is 16.8. The van der Waals surface area contributed by atoms with E-state index in [1.165, 1.54) is 11.3 Å². The Morgan fingerprint density at radius 3 is 2.40 bits per heavy atom. The highest BCUT2D eigenvalue weighted by atomic mass is 16.2. The third-order valence-electron chi connectivity index (χ3n) is 5.43. The molecule has 2 heterocycles. The Bertz CT molecular complexity index is 985. The summed E-state index contributed by atoms with van der Waals surface area (Å²) in [6.45, 7) is 2.72. The Hall–Kier alpha value is -3.38. The number of nitrogens with zero attached hydrogens (tertiary/aromatic N) is 2. The maximum Gasteiger partial charge on any atom is 0.321 e. The van der Waals surface area contributed by atoms with Crippen LogP contribution in [0.4, 0.5) is 4.79 Å². The number of fused-ring (bicyclic) bond motifs is 1. The number of hydrogen-bond acceptors (Lipinski definition) is 3. The monoisotopic (exact) mass is 402 g/mol. The van der Waals surface area contributed by atoms with Crippen molar-refractivity contribution in [3.63, 3.8) is 0 Å². The fourth-order valence-electron chi connectivity index (χ4n) is 3.95. The van der Waals surface area contributed by atoms with Gasteiger partial charge in [0.05, 0.1) is 6.04 Å². The minimum Gasteiger partial charge on any atom is -0.348 e. The minimum absolute atomic E-state index is 0.106. The van der Waals surface area contributed by atoms with E-state index in [1.54, 1.807) is 0 Å². The van der Waals surface area contributed by atoms with Crippen molar-refractivity contribution in [3.8, 4) is 0 Å². The Balaban J connectivity index is 1.33. The minimum atomic E-state index is -0.462. The van der Waals surface area contributed by atoms with Crippen LogP contribution in [0.1, 0.15) is 29.3 Å². The molecule has 0 radical (unpaired) electrons. The van der Waals surface area contributed by atoms with Gasteiger partial charge < -0.3 is 9.88 Å². The number of carbonyl (C=O) groups is 2. The first-order valence-electron chi connectivity index (χ1n) is 10.3. The molecule has 0 spiro atoms. The fourth-order valence-corrected chi connectivity index (χ4v) is 3.95. The zero-order valence-corrected chi connectivity index (χ0v) is 16.8. The van der Waals surface area contributed by atoms with E-state index in [1.807, 2.05) is 48.5 Å². The molecule has 0 saturated heterocycles. The largest absolute Gasteiger partial charge is 0.348 e. The van der Waals surface area contributed by atoms with E-state index in [-0.39, 0.29) is 18.4 Å². The number of rotatable bonds is 6. The number of benzene rings is 2. The van der Waals surface area contributed by atoms with E-state index in [2.05, 4.69) is 50.6 Å². The second-order valence-electron chi connectivity index (χ2n) is 7.44. The molecular formula is C24H26N4O2. The molecular weight excluding hydrogens is 376 g/mol. The van der Waals surface area contributed by atoms with Crippen LogP contribution in [0, 0.1) is 0 Å². The van der Waals surface area contributed by atoms with Gasteiger partial charge in [-0.05, 0) is 23.3 Å². The van der Waals surface area contributed by atoms with E-state index in [0.717, 1.165) is 18.7 Å². The standard InChI is InChI=1S/C24H26N4O2/c29-22(26-24(30)25-18-19-8-3-1-4-9-19)13-15-28-17-16-27-14-7-12-21(27)23(28)20-10-5-2-6-11-20/h1-12,14,23H,13,15-18H2,(H2,25,26,29,30). The van der Waals surface area contributed by atoms with Crippen LogP contribution in [0.15, 0.2) is 79.0 Å². The smallest absolute Gasteiger partial charge is 0.321 e. The van der Waals surface area contributed by atoms with Gasteiger partial charge in [-0.3, -0.25) is 15.0 Å². The summed E-state index contributed by atoms with van der Waals surface area (Å²) in [5.41, 5.74) is 3.42. The summed E-state index contributed by atoms with van der Waals surface area (Å²) in [5, 5.41) is 5.16. The van der Waals surface area contributed by atoms with Gasteiger partial charge in [0.25, 0.3) is 0 Å². The van der Waals surface area contributed by atoms with Crippen molar-refractivity contribution >= 4 is 11.9 Å². The van der Waals surface area contributed by atoms with Gasteiger partial charge in [0.2, 0.25) is 5.91 Å². The van der Waals surface area contributed by atoms with E-state index in [4.69, 9.17) is 0 Å². The Kier molecular flexibility index (Phi) is 6.25. The lowest BCUT2D eigenvalue weighted by Gasteiger charge is -2.37. The number of carbonyl (C=O) groups excluding carboxylic acids is 2. The quantitative estimate of drug-likeness (QED) is 0.665. The Morgan fingerprint density at radius 2 is 1.63 bits per heavy atom. The summed E-state index contributed by atoms with van der Waals surface area (Å²) in [7, 11) is 0. The number of aromatic nitrogens is 1. The average molecular weight is 402 g/mol. The molecule has 0 saturated carbocycles. The lowest BCUT2D eigenvalue weighted by atomic mass is 10.00. The van der Waals surface area contributed by atoms with Crippen LogP contribution in [0.25, 0.3) is 0 Å². The van der Waals surface area contributed by atoms with Crippen LogP contribution < -0.4 is 10.6 Å². The van der Waals surface area contributed by atoms with Crippen LogP contribution in [-0.2, 0) is 17.9 Å². The molecule has 0 fully saturated rings. The summed E-state index contributed by atoms with van der Waals surface area (Å²) in [5.74, 6) is -0.270. The summed E-state index contributed by atoms with van der Waals surface area (Å²) >= 11 is 0. The summed E-state index contributed by atoms with van der Waals surface area (Å²) in [4.78, 5) is 26.7. The van der Waals surface area contributed by atoms with Crippen LogP contribution >= 0.6 is 0 Å². The van der Waals surface area contributed by atoms with Gasteiger partial charge in [0.15, 0.2) is 0 Å². The molecule has 0 bridgehead atoms. The Morgan fingerprint density at radius 1 is 0.900 bits per heavy atom. The molecule has 154 valence electrons. The second kappa shape index (κ2) is 9.41. The molecule has 1 aromatic heterocycles. The van der Waals surface area contributed by atoms with E-state index < -0.39 is 6.03 Å². The van der Waals surface area contributed by atoms with Gasteiger partial charge >= 0.3 is 6.03 Å². The molecule has 30 heavy (non-hydrogen) atoms. The van der Waals surface area contributed by atoms with Crippen molar-refractivity contribution in [2.75, 3.05) is 13.1 Å². The molecule has 2 N–H and O–H groups in total. The van der Waals surface area contributed by atoms with Crippen molar-refractivity contribution in [3.05, 3.63) is 95.8 Å². The number of hydrogen-bond donors (Lipinski definition) is 2. The first kappa shape index (κ1) is 19.9. The normalized spacial score (nSPS) is 15.9. The third-order valence-corrected chi connectivity index (χ3v) is 5.43. The molecule has 1 aliphatic heterocycles. The summed E-state index contributed by atoms with van der Waals surface area (Å²) in [6.07, 6.45) is 2.37. The molecule has 1 aliphatic rings. The van der Waals surface area contributed by atoms with Gasteiger partial charge in [-0.2, -0.15) is 0 Å². The van der Waals surface area contributed by atoms with Crippen molar-refractivity contribution in [2.24, 2.45) is 0 Å². The number of imide groups is 1. The topological polar surface area (TPSA) is 66.4 Å². The van der Waals surface area contributed by atoms with Gasteiger partial charge in [-0.15, -0.1) is 0 Å². The van der Waals surface area contributed by atoms with Crippen molar-refractivity contribution in [2.45, 2.75) is 25.6 Å². The SMILES string of the molecule is O=C(CCN1CCn2cccc2C1c1ccccc1)NC(=O)NCc1ccccc1. The summed E-state index contributed by atoms with van der Waals surface area (Å²) < 4.78 is 2.27. The molecule has 0 aliphatic carbocycles. The highest BCUT2D eigenvalue weighted by molar-refractivity contribution is 5.94. The molecule has 6 nitrogen and oxygen atoms in total. The van der Waals surface area contributed by atoms with Crippen LogP contribution in [-0.4, -0.2) is 34.5 Å². The highest BCUT2D eigenvalue weighted by Gasteiger charge is 2.28. The zero-order chi connectivity index (χ0) is 20.8. The lowest BCUT2D eigenvalue weighted by Crippen LogP contribution is -2.43. The van der Waals surface area contributed by atoms with E-state index in [0.29, 0.717) is 13.1 Å². The average Bonchev–Trinajstić information content (AvgIpc) is 3.26. The van der Waals surface area contributed by atoms with Crippen molar-refractivity contribution in [1.82, 2.24) is 20.1 Å². The molecule has 1 unspecified atom stereocenters. The molecule has 4 rings (SSSR count). The first-order valence-corrected chi connectivity index (χ1v) is 10.3. The van der Waals surface area contributed by atoms with Crippen LogP contribution in [0.3, 0.4) is 0 Å². The van der Waals surface area contributed by atoms with Gasteiger partial charge in [0, 0.05) is 44.5 Å². The van der Waals surface area contributed by atoms with E-state index >= 15 is 0 Å². The predicted octanol–water partition coefficient (Wildman–Crippen LogP) is 3.31. The van der Waals surface area contributed by atoms with Gasteiger partial charge in [-0.25, -0.2) is 4.79 Å². The maximum absolute atomic E-state index is 12.3. The lowest BCUT2D eigenvalue weighted by molar-refractivity contribution is -0.120. The molecule has 1 atom stereocenters. The molecule has 3 amide bonds. The van der Waals surface area contributed by atoms with Gasteiger partial charge in [-0.1, -0.05) is 60.7 Å². The predicted molar refractivity (Wildman–Crippen MR) is 116 cm³/mol. The number of urea groups is 1. The second-order valence-corrected chi connectivity index (χ2v) is 7.44. The Labute approximate surface area is 176 Å². The van der Waals surface area contributed by atoms with Gasteiger partial charge in [0.1, 0.15) is 0 Å². The molecule has 6 heteroatoms. The van der Waals surface area contributed by atoms with Crippen LogP contribution in [0.5, 0.6) is 0 Å². The van der Waals surface area contributed by atoms with Crippen molar-refractivity contribution in [1.29, 1.82) is 0 Å². The van der Waals surface area contributed by atoms with Crippen molar-refractivity contribution < 1.29 is 9.59 Å². The third kappa shape index (κ3) is 4.78. The highest BCUT2D eigenvalue weighted by Crippen LogP contribution is 2.32. The maximum atomic E-state index is 12.3. The number of nitrogens with one attached hydrogen (secondary N) is 2. The number of amides is 3. The fraction of sp³-hybridized carbons (Fsp3) is 0.250. The summed E-state index contributed by atoms with van der Waals surface area (Å²) in [6, 6.07) is 23.8.